The number of carbonyl (C=O) groups is 1. The number of aliphatic imine (C=N–C) groups is 1. The van der Waals surface area contributed by atoms with Gasteiger partial charge < -0.3 is 9.15 Å². The average Bonchev–Trinajstić information content (AvgIpc) is 3.06. The zero-order valence-electron chi connectivity index (χ0n) is 16.0. The van der Waals surface area contributed by atoms with Gasteiger partial charge in [-0.1, -0.05) is 24.6 Å². The minimum absolute atomic E-state index is 0.276. The second-order valence-corrected chi connectivity index (χ2v) is 7.96. The highest BCUT2D eigenvalue weighted by Crippen LogP contribution is 2.41. The molecule has 0 amide bonds. The molecule has 2 aromatic carbocycles. The predicted molar refractivity (Wildman–Crippen MR) is 115 cm³/mol. The minimum Gasteiger partial charge on any atom is -0.461 e. The van der Waals surface area contributed by atoms with E-state index in [-0.39, 0.29) is 5.97 Å². The molecule has 5 heteroatoms. The Bertz CT molecular complexity index is 1060. The summed E-state index contributed by atoms with van der Waals surface area (Å²) in [6, 6.07) is 9.91. The van der Waals surface area contributed by atoms with Crippen molar-refractivity contribution < 1.29 is 13.9 Å². The van der Waals surface area contributed by atoms with Gasteiger partial charge in [-0.25, -0.2) is 0 Å². The van der Waals surface area contributed by atoms with Crippen molar-refractivity contribution in [2.45, 2.75) is 46.0 Å². The molecule has 0 atom stereocenters. The average molecular weight is 440 g/mol. The first kappa shape index (κ1) is 18.9. The number of aryl methyl sites for hydroxylation is 3. The number of rotatable bonds is 4. The summed E-state index contributed by atoms with van der Waals surface area (Å²) in [5, 5.41) is 1.01. The van der Waals surface area contributed by atoms with Crippen LogP contribution in [-0.4, -0.2) is 12.2 Å². The minimum atomic E-state index is -0.276. The lowest BCUT2D eigenvalue weighted by Gasteiger charge is -2.12. The second kappa shape index (κ2) is 7.92. The molecule has 0 radical (unpaired) electrons. The molecule has 1 aliphatic carbocycles. The van der Waals surface area contributed by atoms with Crippen molar-refractivity contribution >= 4 is 44.8 Å². The first-order valence-corrected chi connectivity index (χ1v) is 10.4. The summed E-state index contributed by atoms with van der Waals surface area (Å²) in [7, 11) is 0. The van der Waals surface area contributed by atoms with Gasteiger partial charge in [0, 0.05) is 35.6 Å². The lowest BCUT2D eigenvalue weighted by Crippen LogP contribution is -2.08. The van der Waals surface area contributed by atoms with Crippen LogP contribution in [0.25, 0.3) is 11.0 Å². The maximum atomic E-state index is 12.0. The lowest BCUT2D eigenvalue weighted by atomic mass is 9.94. The number of hydrogen-bond acceptors (Lipinski definition) is 4. The van der Waals surface area contributed by atoms with Crippen molar-refractivity contribution in [2.24, 2.45) is 4.99 Å². The normalized spacial score (nSPS) is 13.8. The molecular formula is C23H22BrNO3. The largest absolute Gasteiger partial charge is 0.461 e. The van der Waals surface area contributed by atoms with E-state index in [2.05, 4.69) is 20.9 Å². The van der Waals surface area contributed by atoms with Crippen LogP contribution in [0.3, 0.4) is 0 Å². The van der Waals surface area contributed by atoms with Crippen molar-refractivity contribution in [2.75, 3.05) is 0 Å². The van der Waals surface area contributed by atoms with Crippen LogP contribution in [0.4, 0.5) is 5.69 Å². The van der Waals surface area contributed by atoms with Crippen LogP contribution in [-0.2, 0) is 17.6 Å². The van der Waals surface area contributed by atoms with Gasteiger partial charge in [-0.05, 0) is 60.3 Å². The molecule has 0 unspecified atom stereocenters. The molecule has 1 heterocycles. The topological polar surface area (TPSA) is 51.8 Å². The molecule has 0 aliphatic heterocycles. The van der Waals surface area contributed by atoms with E-state index in [0.717, 1.165) is 53.7 Å². The Morgan fingerprint density at radius 3 is 2.75 bits per heavy atom. The van der Waals surface area contributed by atoms with E-state index in [1.165, 1.54) is 11.1 Å². The highest BCUT2D eigenvalue weighted by atomic mass is 79.9. The van der Waals surface area contributed by atoms with Crippen molar-refractivity contribution in [3.05, 3.63) is 57.3 Å². The van der Waals surface area contributed by atoms with Crippen LogP contribution in [0.1, 0.15) is 48.6 Å². The van der Waals surface area contributed by atoms with Crippen LogP contribution in [0.2, 0.25) is 0 Å². The van der Waals surface area contributed by atoms with Gasteiger partial charge in [-0.3, -0.25) is 9.79 Å². The third-order valence-corrected chi connectivity index (χ3v) is 5.66. The Balaban J connectivity index is 1.90. The quantitative estimate of drug-likeness (QED) is 0.266. The van der Waals surface area contributed by atoms with E-state index in [0.29, 0.717) is 16.6 Å². The third kappa shape index (κ3) is 3.63. The SMILES string of the molecule is CCC(=O)Oc1c(Br)cc2oc3c(c2c1C=Nc1ccc(C)cc1)CCCC3. The molecule has 0 saturated carbocycles. The van der Waals surface area contributed by atoms with E-state index >= 15 is 0 Å². The molecule has 0 saturated heterocycles. The summed E-state index contributed by atoms with van der Waals surface area (Å²) in [6.07, 6.45) is 6.29. The molecule has 0 spiro atoms. The Labute approximate surface area is 172 Å². The first-order valence-electron chi connectivity index (χ1n) is 9.65. The standard InChI is InChI=1S/C23H22BrNO3/c1-3-21(26)28-23-17(13-25-15-10-8-14(2)9-11-15)22-16-6-4-5-7-19(16)27-20(22)12-18(23)24/h8-13H,3-7H2,1-2H3. The molecule has 4 rings (SSSR count). The fourth-order valence-corrected chi connectivity index (χ4v) is 4.09. The van der Waals surface area contributed by atoms with E-state index in [1.807, 2.05) is 37.3 Å². The molecule has 0 bridgehead atoms. The third-order valence-electron chi connectivity index (χ3n) is 5.07. The molecule has 1 aromatic heterocycles. The smallest absolute Gasteiger partial charge is 0.310 e. The molecule has 1 aliphatic rings. The van der Waals surface area contributed by atoms with Crippen LogP contribution < -0.4 is 4.74 Å². The summed E-state index contributed by atoms with van der Waals surface area (Å²) < 4.78 is 12.5. The number of halogens is 1. The van der Waals surface area contributed by atoms with Gasteiger partial charge in [-0.2, -0.15) is 0 Å². The zero-order valence-corrected chi connectivity index (χ0v) is 17.6. The van der Waals surface area contributed by atoms with Gasteiger partial charge in [0.2, 0.25) is 0 Å². The van der Waals surface area contributed by atoms with Crippen LogP contribution >= 0.6 is 15.9 Å². The van der Waals surface area contributed by atoms with Crippen molar-refractivity contribution in [3.63, 3.8) is 0 Å². The van der Waals surface area contributed by atoms with Crippen LogP contribution in [0, 0.1) is 6.92 Å². The highest BCUT2D eigenvalue weighted by molar-refractivity contribution is 9.10. The number of esters is 1. The molecule has 144 valence electrons. The van der Waals surface area contributed by atoms with E-state index < -0.39 is 0 Å². The molecule has 28 heavy (non-hydrogen) atoms. The van der Waals surface area contributed by atoms with Crippen LogP contribution in [0.5, 0.6) is 5.75 Å². The maximum absolute atomic E-state index is 12.0. The summed E-state index contributed by atoms with van der Waals surface area (Å²) in [5.41, 5.74) is 4.85. The summed E-state index contributed by atoms with van der Waals surface area (Å²) in [5.74, 6) is 1.27. The van der Waals surface area contributed by atoms with Crippen molar-refractivity contribution in [1.29, 1.82) is 0 Å². The van der Waals surface area contributed by atoms with Gasteiger partial charge in [0.1, 0.15) is 11.3 Å². The number of fused-ring (bicyclic) bond motifs is 3. The summed E-state index contributed by atoms with van der Waals surface area (Å²) in [4.78, 5) is 16.7. The molecule has 4 nitrogen and oxygen atoms in total. The monoisotopic (exact) mass is 439 g/mol. The van der Waals surface area contributed by atoms with Gasteiger partial charge in [0.05, 0.1) is 10.2 Å². The van der Waals surface area contributed by atoms with Crippen molar-refractivity contribution in [3.8, 4) is 5.75 Å². The highest BCUT2D eigenvalue weighted by Gasteiger charge is 2.24. The van der Waals surface area contributed by atoms with E-state index in [1.54, 1.807) is 13.1 Å². The zero-order chi connectivity index (χ0) is 19.7. The number of ether oxygens (including phenoxy) is 1. The maximum Gasteiger partial charge on any atom is 0.310 e. The molecule has 3 aromatic rings. The van der Waals surface area contributed by atoms with Crippen molar-refractivity contribution in [1.82, 2.24) is 0 Å². The number of furan rings is 1. The second-order valence-electron chi connectivity index (χ2n) is 7.11. The molecule has 0 fully saturated rings. The van der Waals surface area contributed by atoms with E-state index in [4.69, 9.17) is 9.15 Å². The van der Waals surface area contributed by atoms with Crippen LogP contribution in [0.15, 0.2) is 44.2 Å². The Hall–Kier alpha value is -2.40. The Kier molecular flexibility index (Phi) is 5.36. The Morgan fingerprint density at radius 1 is 1.25 bits per heavy atom. The summed E-state index contributed by atoms with van der Waals surface area (Å²) in [6.45, 7) is 3.83. The van der Waals surface area contributed by atoms with E-state index in [9.17, 15) is 4.79 Å². The van der Waals surface area contributed by atoms with Gasteiger partial charge in [-0.15, -0.1) is 0 Å². The number of hydrogen-bond donors (Lipinski definition) is 0. The fraction of sp³-hybridized carbons (Fsp3) is 0.304. The Morgan fingerprint density at radius 2 is 2.00 bits per heavy atom. The number of nitrogens with zero attached hydrogens (tertiary/aromatic N) is 1. The summed E-state index contributed by atoms with van der Waals surface area (Å²) >= 11 is 3.56. The first-order chi connectivity index (χ1) is 13.6. The van der Waals surface area contributed by atoms with Gasteiger partial charge in [0.25, 0.3) is 0 Å². The number of carbonyl (C=O) groups excluding carboxylic acids is 1. The van der Waals surface area contributed by atoms with Gasteiger partial charge >= 0.3 is 5.97 Å². The lowest BCUT2D eigenvalue weighted by molar-refractivity contribution is -0.134. The predicted octanol–water partition coefficient (Wildman–Crippen LogP) is 6.45. The van der Waals surface area contributed by atoms with Gasteiger partial charge in [0.15, 0.2) is 5.75 Å². The number of benzene rings is 2. The molecular weight excluding hydrogens is 418 g/mol. The molecule has 0 N–H and O–H groups in total. The fourth-order valence-electron chi connectivity index (χ4n) is 3.59.